The van der Waals surface area contributed by atoms with Crippen LogP contribution in [0.1, 0.15) is 5.69 Å². The van der Waals surface area contributed by atoms with E-state index in [2.05, 4.69) is 17.3 Å². The van der Waals surface area contributed by atoms with Gasteiger partial charge in [-0.1, -0.05) is 35.9 Å². The van der Waals surface area contributed by atoms with Crippen LogP contribution in [0.2, 0.25) is 5.02 Å². The molecule has 4 nitrogen and oxygen atoms in total. The number of thiazole rings is 1. The van der Waals surface area contributed by atoms with Crippen molar-refractivity contribution < 1.29 is 9.47 Å². The van der Waals surface area contributed by atoms with Crippen molar-refractivity contribution in [2.75, 3.05) is 27.3 Å². The third-order valence-electron chi connectivity index (χ3n) is 3.87. The van der Waals surface area contributed by atoms with Crippen LogP contribution in [-0.2, 0) is 6.54 Å². The van der Waals surface area contributed by atoms with E-state index < -0.39 is 0 Å². The van der Waals surface area contributed by atoms with Crippen molar-refractivity contribution in [3.8, 4) is 22.1 Å². The van der Waals surface area contributed by atoms with E-state index in [1.54, 1.807) is 18.4 Å². The van der Waals surface area contributed by atoms with Crippen molar-refractivity contribution in [2.45, 2.75) is 6.54 Å². The number of likely N-dealkylation sites (N-methyl/N-ethyl adjacent to an activating group) is 1. The number of rotatable bonds is 8. The van der Waals surface area contributed by atoms with Gasteiger partial charge in [0.15, 0.2) is 11.5 Å². The van der Waals surface area contributed by atoms with E-state index in [-0.39, 0.29) is 0 Å². The van der Waals surface area contributed by atoms with Gasteiger partial charge in [-0.3, -0.25) is 4.90 Å². The molecule has 0 fully saturated rings. The lowest BCUT2D eigenvalue weighted by Gasteiger charge is -2.16. The lowest BCUT2D eigenvalue weighted by molar-refractivity contribution is 0.225. The summed E-state index contributed by atoms with van der Waals surface area (Å²) in [4.78, 5) is 6.91. The summed E-state index contributed by atoms with van der Waals surface area (Å²) in [6, 6.07) is 15.4. The molecule has 0 saturated heterocycles. The van der Waals surface area contributed by atoms with E-state index in [1.807, 2.05) is 48.5 Å². The fraction of sp³-hybridized carbons (Fsp3) is 0.250. The first-order chi connectivity index (χ1) is 12.7. The van der Waals surface area contributed by atoms with Gasteiger partial charge in [0.05, 0.1) is 12.8 Å². The van der Waals surface area contributed by atoms with Crippen LogP contribution in [0.4, 0.5) is 0 Å². The quantitative estimate of drug-likeness (QED) is 0.545. The van der Waals surface area contributed by atoms with E-state index in [1.165, 1.54) is 0 Å². The highest BCUT2D eigenvalue weighted by Crippen LogP contribution is 2.26. The molecule has 0 aliphatic carbocycles. The Balaban J connectivity index is 1.51. The zero-order valence-electron chi connectivity index (χ0n) is 14.8. The number of aromatic nitrogens is 1. The third-order valence-corrected chi connectivity index (χ3v) is 5.07. The fourth-order valence-electron chi connectivity index (χ4n) is 2.51. The van der Waals surface area contributed by atoms with Gasteiger partial charge in [0.25, 0.3) is 0 Å². The Kier molecular flexibility index (Phi) is 6.50. The van der Waals surface area contributed by atoms with Gasteiger partial charge < -0.3 is 9.47 Å². The number of para-hydroxylation sites is 2. The first kappa shape index (κ1) is 18.7. The highest BCUT2D eigenvalue weighted by atomic mass is 35.5. The molecule has 0 radical (unpaired) electrons. The summed E-state index contributed by atoms with van der Waals surface area (Å²) in [5.74, 6) is 1.52. The molecular formula is C20H21ClN2O2S. The Hall–Kier alpha value is -2.08. The maximum atomic E-state index is 5.94. The number of nitrogens with zero attached hydrogens (tertiary/aromatic N) is 2. The van der Waals surface area contributed by atoms with Crippen LogP contribution < -0.4 is 9.47 Å². The Morgan fingerprint density at radius 1 is 1.08 bits per heavy atom. The van der Waals surface area contributed by atoms with Crippen molar-refractivity contribution in [3.63, 3.8) is 0 Å². The van der Waals surface area contributed by atoms with Crippen LogP contribution >= 0.6 is 22.9 Å². The standard InChI is InChI=1S/C20H21ClN2O2S/c1-23(11-12-25-19-6-4-3-5-18(19)24-2)13-17-14-26-20(22-17)15-7-9-16(21)10-8-15/h3-10,14H,11-13H2,1-2H3. The lowest BCUT2D eigenvalue weighted by atomic mass is 10.2. The fourth-order valence-corrected chi connectivity index (χ4v) is 3.45. The highest BCUT2D eigenvalue weighted by Gasteiger charge is 2.08. The number of hydrogen-bond acceptors (Lipinski definition) is 5. The van der Waals surface area contributed by atoms with Gasteiger partial charge in [0, 0.05) is 29.1 Å². The van der Waals surface area contributed by atoms with Crippen LogP contribution in [-0.4, -0.2) is 37.2 Å². The Labute approximate surface area is 163 Å². The number of benzene rings is 2. The molecular weight excluding hydrogens is 368 g/mol. The second-order valence-electron chi connectivity index (χ2n) is 5.89. The Morgan fingerprint density at radius 2 is 1.81 bits per heavy atom. The normalized spacial score (nSPS) is 10.9. The second-order valence-corrected chi connectivity index (χ2v) is 7.18. The van der Waals surface area contributed by atoms with Crippen molar-refractivity contribution >= 4 is 22.9 Å². The topological polar surface area (TPSA) is 34.6 Å². The molecule has 3 aromatic rings. The summed E-state index contributed by atoms with van der Waals surface area (Å²) >= 11 is 7.59. The van der Waals surface area contributed by atoms with Crippen molar-refractivity contribution in [3.05, 3.63) is 64.6 Å². The monoisotopic (exact) mass is 388 g/mol. The number of methoxy groups -OCH3 is 1. The maximum Gasteiger partial charge on any atom is 0.161 e. The van der Waals surface area contributed by atoms with E-state index in [4.69, 9.17) is 26.1 Å². The Bertz CT molecular complexity index is 836. The Morgan fingerprint density at radius 3 is 2.54 bits per heavy atom. The molecule has 26 heavy (non-hydrogen) atoms. The van der Waals surface area contributed by atoms with Gasteiger partial charge >= 0.3 is 0 Å². The summed E-state index contributed by atoms with van der Waals surface area (Å²) in [5.41, 5.74) is 2.15. The van der Waals surface area contributed by atoms with Gasteiger partial charge in [-0.25, -0.2) is 4.98 Å². The molecule has 0 atom stereocenters. The average Bonchev–Trinajstić information content (AvgIpc) is 3.11. The summed E-state index contributed by atoms with van der Waals surface area (Å²) in [6.07, 6.45) is 0. The van der Waals surface area contributed by atoms with Crippen LogP contribution in [0.15, 0.2) is 53.9 Å². The van der Waals surface area contributed by atoms with Gasteiger partial charge in [-0.15, -0.1) is 11.3 Å². The molecule has 3 rings (SSSR count). The first-order valence-corrected chi connectivity index (χ1v) is 9.56. The summed E-state index contributed by atoms with van der Waals surface area (Å²) in [6.45, 7) is 2.16. The molecule has 6 heteroatoms. The predicted octanol–water partition coefficient (Wildman–Crippen LogP) is 4.98. The number of halogens is 1. The summed E-state index contributed by atoms with van der Waals surface area (Å²) in [7, 11) is 3.71. The second kappa shape index (κ2) is 9.03. The molecule has 0 aliphatic heterocycles. The molecule has 2 aromatic carbocycles. The van der Waals surface area contributed by atoms with E-state index >= 15 is 0 Å². The molecule has 0 spiro atoms. The number of ether oxygens (including phenoxy) is 2. The van der Waals surface area contributed by atoms with Crippen molar-refractivity contribution in [2.24, 2.45) is 0 Å². The molecule has 1 heterocycles. The minimum absolute atomic E-state index is 0.588. The first-order valence-electron chi connectivity index (χ1n) is 8.30. The minimum atomic E-state index is 0.588. The largest absolute Gasteiger partial charge is 0.493 e. The van der Waals surface area contributed by atoms with E-state index in [9.17, 15) is 0 Å². The SMILES string of the molecule is COc1ccccc1OCCN(C)Cc1csc(-c2ccc(Cl)cc2)n1. The van der Waals surface area contributed by atoms with E-state index in [0.717, 1.165) is 45.9 Å². The third kappa shape index (κ3) is 4.97. The number of hydrogen-bond donors (Lipinski definition) is 0. The van der Waals surface area contributed by atoms with Crippen LogP contribution in [0.25, 0.3) is 10.6 Å². The maximum absolute atomic E-state index is 5.94. The van der Waals surface area contributed by atoms with Gasteiger partial charge in [-0.2, -0.15) is 0 Å². The molecule has 0 aliphatic rings. The lowest BCUT2D eigenvalue weighted by Crippen LogP contribution is -2.24. The van der Waals surface area contributed by atoms with Crippen LogP contribution in [0.5, 0.6) is 11.5 Å². The van der Waals surface area contributed by atoms with Gasteiger partial charge in [-0.05, 0) is 31.3 Å². The highest BCUT2D eigenvalue weighted by molar-refractivity contribution is 7.13. The van der Waals surface area contributed by atoms with Crippen LogP contribution in [0, 0.1) is 0 Å². The molecule has 0 unspecified atom stereocenters. The summed E-state index contributed by atoms with van der Waals surface area (Å²) < 4.78 is 11.1. The average molecular weight is 389 g/mol. The molecule has 0 saturated carbocycles. The predicted molar refractivity (Wildman–Crippen MR) is 107 cm³/mol. The molecule has 136 valence electrons. The zero-order chi connectivity index (χ0) is 18.4. The molecule has 1 aromatic heterocycles. The smallest absolute Gasteiger partial charge is 0.161 e. The molecule has 0 N–H and O–H groups in total. The van der Waals surface area contributed by atoms with E-state index in [0.29, 0.717) is 6.61 Å². The minimum Gasteiger partial charge on any atom is -0.493 e. The van der Waals surface area contributed by atoms with Crippen molar-refractivity contribution in [1.29, 1.82) is 0 Å². The summed E-state index contributed by atoms with van der Waals surface area (Å²) in [5, 5.41) is 3.84. The van der Waals surface area contributed by atoms with Crippen LogP contribution in [0.3, 0.4) is 0 Å². The van der Waals surface area contributed by atoms with Gasteiger partial charge in [0.1, 0.15) is 11.6 Å². The molecule has 0 amide bonds. The van der Waals surface area contributed by atoms with Crippen molar-refractivity contribution in [1.82, 2.24) is 9.88 Å². The van der Waals surface area contributed by atoms with Gasteiger partial charge in [0.2, 0.25) is 0 Å². The zero-order valence-corrected chi connectivity index (χ0v) is 16.4. The molecule has 0 bridgehead atoms.